The summed E-state index contributed by atoms with van der Waals surface area (Å²) in [6.07, 6.45) is 1.54. The van der Waals surface area contributed by atoms with Crippen LogP contribution in [0, 0.1) is 0 Å². The van der Waals surface area contributed by atoms with Gasteiger partial charge in [-0.15, -0.1) is 0 Å². The van der Waals surface area contributed by atoms with Crippen LogP contribution in [0.4, 0.5) is 0 Å². The van der Waals surface area contributed by atoms with E-state index in [1.807, 2.05) is 6.07 Å². The Kier molecular flexibility index (Phi) is 2.83. The standard InChI is InChI=1S/C14H11N3O3/c1-20-14(19)10-4-2-3-9(7-10)11-8-13(18)17-12(16-11)5-6-15-17/h2-8,16H,1H3. The lowest BCUT2D eigenvalue weighted by Crippen LogP contribution is -2.14. The highest BCUT2D eigenvalue weighted by Gasteiger charge is 2.08. The fraction of sp³-hybridized carbons (Fsp3) is 0.0714. The maximum absolute atomic E-state index is 11.9. The van der Waals surface area contributed by atoms with Crippen molar-refractivity contribution in [3.63, 3.8) is 0 Å². The molecule has 6 nitrogen and oxygen atoms in total. The number of esters is 1. The van der Waals surface area contributed by atoms with Crippen LogP contribution in [0.1, 0.15) is 10.4 Å². The van der Waals surface area contributed by atoms with Gasteiger partial charge in [-0.2, -0.15) is 9.61 Å². The molecule has 0 aliphatic carbocycles. The Morgan fingerprint density at radius 2 is 2.15 bits per heavy atom. The highest BCUT2D eigenvalue weighted by Crippen LogP contribution is 2.18. The molecular formula is C14H11N3O3. The predicted octanol–water partition coefficient (Wildman–Crippen LogP) is 1.48. The van der Waals surface area contributed by atoms with Crippen molar-refractivity contribution < 1.29 is 9.53 Å². The van der Waals surface area contributed by atoms with Crippen LogP contribution in [-0.2, 0) is 4.74 Å². The van der Waals surface area contributed by atoms with Gasteiger partial charge in [0, 0.05) is 12.1 Å². The molecule has 1 aromatic carbocycles. The van der Waals surface area contributed by atoms with Crippen molar-refractivity contribution >= 4 is 11.6 Å². The van der Waals surface area contributed by atoms with E-state index in [9.17, 15) is 9.59 Å². The molecule has 0 bridgehead atoms. The molecule has 0 aliphatic rings. The molecule has 0 radical (unpaired) electrons. The van der Waals surface area contributed by atoms with Crippen LogP contribution in [0.3, 0.4) is 0 Å². The molecule has 1 N–H and O–H groups in total. The average molecular weight is 269 g/mol. The number of aromatic amines is 1. The SMILES string of the molecule is COC(=O)c1cccc(-c2cc(=O)n3nccc3[nH]2)c1. The normalized spacial score (nSPS) is 10.7. The Morgan fingerprint density at radius 1 is 1.30 bits per heavy atom. The number of ether oxygens (including phenoxy) is 1. The molecule has 3 rings (SSSR count). The van der Waals surface area contributed by atoms with Crippen molar-refractivity contribution in [3.05, 3.63) is 58.5 Å². The summed E-state index contributed by atoms with van der Waals surface area (Å²) in [6.45, 7) is 0. The maximum atomic E-state index is 11.9. The third-order valence-corrected chi connectivity index (χ3v) is 2.98. The van der Waals surface area contributed by atoms with Gasteiger partial charge in [-0.1, -0.05) is 12.1 Å². The summed E-state index contributed by atoms with van der Waals surface area (Å²) in [4.78, 5) is 26.5. The third kappa shape index (κ3) is 1.97. The molecule has 2 aromatic heterocycles. The molecule has 0 atom stereocenters. The second kappa shape index (κ2) is 4.65. The molecule has 0 aliphatic heterocycles. The Labute approximate surface area is 113 Å². The summed E-state index contributed by atoms with van der Waals surface area (Å²) in [6, 6.07) is 10.0. The van der Waals surface area contributed by atoms with Crippen LogP contribution < -0.4 is 5.56 Å². The van der Waals surface area contributed by atoms with Crippen LogP contribution in [0.5, 0.6) is 0 Å². The summed E-state index contributed by atoms with van der Waals surface area (Å²) >= 11 is 0. The van der Waals surface area contributed by atoms with E-state index < -0.39 is 5.97 Å². The minimum Gasteiger partial charge on any atom is -0.465 e. The molecule has 20 heavy (non-hydrogen) atoms. The molecule has 0 saturated carbocycles. The highest BCUT2D eigenvalue weighted by molar-refractivity contribution is 5.90. The summed E-state index contributed by atoms with van der Waals surface area (Å²) in [5, 5.41) is 3.91. The van der Waals surface area contributed by atoms with Crippen molar-refractivity contribution in [2.45, 2.75) is 0 Å². The minimum absolute atomic E-state index is 0.234. The molecule has 6 heteroatoms. The van der Waals surface area contributed by atoms with Gasteiger partial charge in [0.25, 0.3) is 5.56 Å². The van der Waals surface area contributed by atoms with Crippen LogP contribution in [-0.4, -0.2) is 27.7 Å². The first-order chi connectivity index (χ1) is 9.69. The van der Waals surface area contributed by atoms with E-state index in [2.05, 4.69) is 14.8 Å². The number of carbonyl (C=O) groups is 1. The summed E-state index contributed by atoms with van der Waals surface area (Å²) in [7, 11) is 1.33. The van der Waals surface area contributed by atoms with Gasteiger partial charge >= 0.3 is 5.97 Å². The number of nitrogens with zero attached hydrogens (tertiary/aromatic N) is 2. The molecule has 0 unspecified atom stereocenters. The van der Waals surface area contributed by atoms with E-state index in [1.165, 1.54) is 17.7 Å². The fourth-order valence-corrected chi connectivity index (χ4v) is 2.02. The van der Waals surface area contributed by atoms with Gasteiger partial charge in [0.2, 0.25) is 0 Å². The number of nitrogens with one attached hydrogen (secondary N) is 1. The largest absolute Gasteiger partial charge is 0.465 e. The van der Waals surface area contributed by atoms with Crippen molar-refractivity contribution in [1.82, 2.24) is 14.6 Å². The molecule has 100 valence electrons. The predicted molar refractivity (Wildman–Crippen MR) is 72.6 cm³/mol. The van der Waals surface area contributed by atoms with Gasteiger partial charge in [-0.05, 0) is 17.7 Å². The molecule has 0 spiro atoms. The summed E-state index contributed by atoms with van der Waals surface area (Å²) in [5.41, 5.74) is 2.14. The van der Waals surface area contributed by atoms with Crippen molar-refractivity contribution in [1.29, 1.82) is 0 Å². The number of methoxy groups -OCH3 is 1. The van der Waals surface area contributed by atoms with Crippen molar-refractivity contribution in [3.8, 4) is 11.3 Å². The lowest BCUT2D eigenvalue weighted by Gasteiger charge is -2.05. The van der Waals surface area contributed by atoms with Gasteiger partial charge in [0.15, 0.2) is 0 Å². The number of hydrogen-bond donors (Lipinski definition) is 1. The van der Waals surface area contributed by atoms with Gasteiger partial charge in [-0.25, -0.2) is 4.79 Å². The first-order valence-corrected chi connectivity index (χ1v) is 5.95. The third-order valence-electron chi connectivity index (χ3n) is 2.98. The molecule has 0 fully saturated rings. The monoisotopic (exact) mass is 269 g/mol. The average Bonchev–Trinajstić information content (AvgIpc) is 2.95. The van der Waals surface area contributed by atoms with Crippen LogP contribution >= 0.6 is 0 Å². The summed E-state index contributed by atoms with van der Waals surface area (Å²) < 4.78 is 5.96. The van der Waals surface area contributed by atoms with Gasteiger partial charge < -0.3 is 9.72 Å². The summed E-state index contributed by atoms with van der Waals surface area (Å²) in [5.74, 6) is -0.417. The Morgan fingerprint density at radius 3 is 2.95 bits per heavy atom. The zero-order valence-corrected chi connectivity index (χ0v) is 10.7. The van der Waals surface area contributed by atoms with Crippen LogP contribution in [0.2, 0.25) is 0 Å². The molecule has 0 saturated heterocycles. The minimum atomic E-state index is -0.417. The quantitative estimate of drug-likeness (QED) is 0.715. The number of carbonyl (C=O) groups excluding carboxylic acids is 1. The lowest BCUT2D eigenvalue weighted by molar-refractivity contribution is 0.0601. The number of aromatic nitrogens is 3. The zero-order valence-electron chi connectivity index (χ0n) is 10.7. The number of fused-ring (bicyclic) bond motifs is 1. The van der Waals surface area contributed by atoms with E-state index in [0.717, 1.165) is 5.56 Å². The molecule has 2 heterocycles. The second-order valence-corrected chi connectivity index (χ2v) is 4.22. The molecule has 0 amide bonds. The van der Waals surface area contributed by atoms with Gasteiger partial charge in [0.1, 0.15) is 5.65 Å². The smallest absolute Gasteiger partial charge is 0.337 e. The van der Waals surface area contributed by atoms with Crippen LogP contribution in [0.25, 0.3) is 16.9 Å². The van der Waals surface area contributed by atoms with Crippen molar-refractivity contribution in [2.24, 2.45) is 0 Å². The first kappa shape index (κ1) is 12.2. The molecule has 3 aromatic rings. The van der Waals surface area contributed by atoms with Gasteiger partial charge in [-0.3, -0.25) is 4.79 Å². The first-order valence-electron chi connectivity index (χ1n) is 5.95. The van der Waals surface area contributed by atoms with E-state index in [1.54, 1.807) is 30.5 Å². The second-order valence-electron chi connectivity index (χ2n) is 4.22. The molecular weight excluding hydrogens is 258 g/mol. The Hall–Kier alpha value is -2.89. The Balaban J connectivity index is 2.15. The van der Waals surface area contributed by atoms with E-state index in [-0.39, 0.29) is 5.56 Å². The lowest BCUT2D eigenvalue weighted by atomic mass is 10.1. The maximum Gasteiger partial charge on any atom is 0.337 e. The van der Waals surface area contributed by atoms with Gasteiger partial charge in [0.05, 0.1) is 24.6 Å². The van der Waals surface area contributed by atoms with E-state index in [4.69, 9.17) is 0 Å². The highest BCUT2D eigenvalue weighted by atomic mass is 16.5. The Bertz CT molecular complexity index is 848. The number of benzene rings is 1. The number of rotatable bonds is 2. The van der Waals surface area contributed by atoms with Crippen molar-refractivity contribution in [2.75, 3.05) is 7.11 Å². The fourth-order valence-electron chi connectivity index (χ4n) is 2.02. The van der Waals surface area contributed by atoms with Crippen LogP contribution in [0.15, 0.2) is 47.4 Å². The number of hydrogen-bond acceptors (Lipinski definition) is 4. The topological polar surface area (TPSA) is 76.5 Å². The zero-order chi connectivity index (χ0) is 14.1. The number of H-pyrrole nitrogens is 1. The van der Waals surface area contributed by atoms with E-state index >= 15 is 0 Å². The van der Waals surface area contributed by atoms with E-state index in [0.29, 0.717) is 16.9 Å².